The lowest BCUT2D eigenvalue weighted by Gasteiger charge is -2.17. The number of halogens is 1. The van der Waals surface area contributed by atoms with Crippen LogP contribution in [-0.4, -0.2) is 6.54 Å². The van der Waals surface area contributed by atoms with Gasteiger partial charge in [0.15, 0.2) is 0 Å². The van der Waals surface area contributed by atoms with Gasteiger partial charge in [0.25, 0.3) is 0 Å². The summed E-state index contributed by atoms with van der Waals surface area (Å²) in [6, 6.07) is 11.1. The molecule has 1 aromatic carbocycles. The molecule has 0 bridgehead atoms. The summed E-state index contributed by atoms with van der Waals surface area (Å²) in [4.78, 5) is 1.29. The molecule has 108 valence electrons. The van der Waals surface area contributed by atoms with Crippen LogP contribution < -0.4 is 5.32 Å². The second-order valence-corrected chi connectivity index (χ2v) is 6.37. The highest BCUT2D eigenvalue weighted by atomic mass is 35.5. The summed E-state index contributed by atoms with van der Waals surface area (Å²) >= 11 is 8.18. The van der Waals surface area contributed by atoms with Gasteiger partial charge >= 0.3 is 0 Å². The summed E-state index contributed by atoms with van der Waals surface area (Å²) < 4.78 is 0. The number of nitrogens with one attached hydrogen (secondary N) is 1. The lowest BCUT2D eigenvalue weighted by molar-refractivity contribution is 0.505. The van der Waals surface area contributed by atoms with Crippen LogP contribution in [0.2, 0.25) is 5.02 Å². The van der Waals surface area contributed by atoms with Crippen molar-refractivity contribution in [3.8, 4) is 0 Å². The Morgan fingerprint density at radius 1 is 1.25 bits per heavy atom. The molecule has 2 rings (SSSR count). The van der Waals surface area contributed by atoms with Crippen molar-refractivity contribution in [1.82, 2.24) is 5.32 Å². The highest BCUT2D eigenvalue weighted by molar-refractivity contribution is 7.10. The van der Waals surface area contributed by atoms with E-state index in [9.17, 15) is 0 Å². The van der Waals surface area contributed by atoms with Gasteiger partial charge < -0.3 is 5.32 Å². The minimum Gasteiger partial charge on any atom is -0.309 e. The zero-order valence-electron chi connectivity index (χ0n) is 12.2. The first-order chi connectivity index (χ1) is 9.72. The Labute approximate surface area is 131 Å². The standard InChI is InChI=1S/C17H22ClNS/c1-3-19-15(17-16(18)13(2)12-20-17)11-7-10-14-8-5-4-6-9-14/h4-6,8-9,12,15,19H,3,7,10-11H2,1-2H3. The Bertz CT molecular complexity index is 521. The van der Waals surface area contributed by atoms with Crippen LogP contribution in [0, 0.1) is 6.92 Å². The van der Waals surface area contributed by atoms with Gasteiger partial charge in [0, 0.05) is 10.9 Å². The highest BCUT2D eigenvalue weighted by Gasteiger charge is 2.16. The fourth-order valence-electron chi connectivity index (χ4n) is 2.41. The smallest absolute Gasteiger partial charge is 0.0590 e. The van der Waals surface area contributed by atoms with Gasteiger partial charge in [-0.3, -0.25) is 0 Å². The molecule has 0 saturated heterocycles. The number of hydrogen-bond acceptors (Lipinski definition) is 2. The van der Waals surface area contributed by atoms with Crippen molar-refractivity contribution in [3.63, 3.8) is 0 Å². The SMILES string of the molecule is CCNC(CCCc1ccccc1)c1scc(C)c1Cl. The normalized spacial score (nSPS) is 12.6. The topological polar surface area (TPSA) is 12.0 Å². The molecule has 1 heterocycles. The molecule has 1 N–H and O–H groups in total. The van der Waals surface area contributed by atoms with E-state index in [1.165, 1.54) is 22.4 Å². The van der Waals surface area contributed by atoms with Gasteiger partial charge in [0.2, 0.25) is 0 Å². The molecule has 0 aliphatic heterocycles. The molecule has 1 atom stereocenters. The summed E-state index contributed by atoms with van der Waals surface area (Å²) in [7, 11) is 0. The number of thiophene rings is 1. The van der Waals surface area contributed by atoms with E-state index in [1.807, 2.05) is 0 Å². The monoisotopic (exact) mass is 307 g/mol. The second-order valence-electron chi connectivity index (χ2n) is 5.09. The summed E-state index contributed by atoms with van der Waals surface area (Å²) in [6.07, 6.45) is 3.43. The molecule has 2 aromatic rings. The molecule has 1 unspecified atom stereocenters. The zero-order valence-corrected chi connectivity index (χ0v) is 13.7. The van der Waals surface area contributed by atoms with Crippen molar-refractivity contribution in [2.24, 2.45) is 0 Å². The third-order valence-electron chi connectivity index (χ3n) is 3.49. The van der Waals surface area contributed by atoms with E-state index in [1.54, 1.807) is 11.3 Å². The molecule has 1 nitrogen and oxygen atoms in total. The third-order valence-corrected chi connectivity index (χ3v) is 5.32. The Morgan fingerprint density at radius 3 is 2.60 bits per heavy atom. The van der Waals surface area contributed by atoms with Gasteiger partial charge in [-0.15, -0.1) is 11.3 Å². The van der Waals surface area contributed by atoms with E-state index in [0.29, 0.717) is 6.04 Å². The van der Waals surface area contributed by atoms with Crippen LogP contribution in [0.15, 0.2) is 35.7 Å². The molecule has 20 heavy (non-hydrogen) atoms. The maximum absolute atomic E-state index is 6.41. The molecule has 0 aliphatic carbocycles. The Kier molecular flexibility index (Phi) is 6.08. The molecule has 0 saturated carbocycles. The van der Waals surface area contributed by atoms with Crippen LogP contribution in [0.5, 0.6) is 0 Å². The maximum atomic E-state index is 6.41. The zero-order chi connectivity index (χ0) is 14.4. The van der Waals surface area contributed by atoms with Gasteiger partial charge in [-0.1, -0.05) is 48.9 Å². The number of hydrogen-bond donors (Lipinski definition) is 1. The van der Waals surface area contributed by atoms with Gasteiger partial charge in [0.1, 0.15) is 0 Å². The molecule has 1 aromatic heterocycles. The van der Waals surface area contributed by atoms with Crippen LogP contribution >= 0.6 is 22.9 Å². The number of benzene rings is 1. The minimum absolute atomic E-state index is 0.384. The number of aryl methyl sites for hydroxylation is 2. The Morgan fingerprint density at radius 2 is 2.00 bits per heavy atom. The highest BCUT2D eigenvalue weighted by Crippen LogP contribution is 2.34. The quantitative estimate of drug-likeness (QED) is 0.723. The van der Waals surface area contributed by atoms with Crippen molar-refractivity contribution in [3.05, 3.63) is 56.7 Å². The van der Waals surface area contributed by atoms with Crippen LogP contribution in [0.4, 0.5) is 0 Å². The molecular formula is C17H22ClNS. The number of rotatable bonds is 7. The fourth-order valence-corrected chi connectivity index (χ4v) is 3.85. The Hall–Kier alpha value is -0.830. The molecular weight excluding hydrogens is 286 g/mol. The largest absolute Gasteiger partial charge is 0.309 e. The molecule has 0 amide bonds. The van der Waals surface area contributed by atoms with Gasteiger partial charge in [-0.25, -0.2) is 0 Å². The predicted molar refractivity (Wildman–Crippen MR) is 89.9 cm³/mol. The summed E-state index contributed by atoms with van der Waals surface area (Å²) in [6.45, 7) is 5.21. The minimum atomic E-state index is 0.384. The fraction of sp³-hybridized carbons (Fsp3) is 0.412. The molecule has 0 aliphatic rings. The average Bonchev–Trinajstić information content (AvgIpc) is 2.79. The van der Waals surface area contributed by atoms with Crippen molar-refractivity contribution < 1.29 is 0 Å². The van der Waals surface area contributed by atoms with E-state index in [2.05, 4.69) is 54.9 Å². The maximum Gasteiger partial charge on any atom is 0.0590 e. The van der Waals surface area contributed by atoms with Crippen molar-refractivity contribution in [2.45, 2.75) is 39.2 Å². The predicted octanol–water partition coefficient (Wildman–Crippen LogP) is 5.38. The molecule has 0 fully saturated rings. The van der Waals surface area contributed by atoms with E-state index in [0.717, 1.165) is 24.4 Å². The summed E-state index contributed by atoms with van der Waals surface area (Å²) in [5, 5.41) is 6.66. The molecule has 3 heteroatoms. The summed E-state index contributed by atoms with van der Waals surface area (Å²) in [5.74, 6) is 0. The second kappa shape index (κ2) is 7.82. The lowest BCUT2D eigenvalue weighted by Crippen LogP contribution is -2.20. The van der Waals surface area contributed by atoms with Gasteiger partial charge in [0.05, 0.1) is 5.02 Å². The van der Waals surface area contributed by atoms with Crippen molar-refractivity contribution in [1.29, 1.82) is 0 Å². The third kappa shape index (κ3) is 4.08. The first-order valence-corrected chi connectivity index (χ1v) is 8.49. The van der Waals surface area contributed by atoms with Gasteiger partial charge in [-0.05, 0) is 49.2 Å². The summed E-state index contributed by atoms with van der Waals surface area (Å²) in [5.41, 5.74) is 2.61. The first kappa shape index (κ1) is 15.6. The van der Waals surface area contributed by atoms with E-state index in [4.69, 9.17) is 11.6 Å². The van der Waals surface area contributed by atoms with Crippen LogP contribution in [-0.2, 0) is 6.42 Å². The molecule has 0 radical (unpaired) electrons. The first-order valence-electron chi connectivity index (χ1n) is 7.23. The van der Waals surface area contributed by atoms with E-state index < -0.39 is 0 Å². The molecule has 0 spiro atoms. The van der Waals surface area contributed by atoms with Gasteiger partial charge in [-0.2, -0.15) is 0 Å². The van der Waals surface area contributed by atoms with Crippen LogP contribution in [0.25, 0.3) is 0 Å². The lowest BCUT2D eigenvalue weighted by atomic mass is 10.0. The van der Waals surface area contributed by atoms with Crippen molar-refractivity contribution >= 4 is 22.9 Å². The van der Waals surface area contributed by atoms with Crippen molar-refractivity contribution in [2.75, 3.05) is 6.54 Å². The van der Waals surface area contributed by atoms with Crippen LogP contribution in [0.1, 0.15) is 41.8 Å². The van der Waals surface area contributed by atoms with E-state index >= 15 is 0 Å². The Balaban J connectivity index is 1.94. The van der Waals surface area contributed by atoms with E-state index in [-0.39, 0.29) is 0 Å². The van der Waals surface area contributed by atoms with Crippen LogP contribution in [0.3, 0.4) is 0 Å². The average molecular weight is 308 g/mol.